The Bertz CT molecular complexity index is 395. The van der Waals surface area contributed by atoms with E-state index in [4.69, 9.17) is 4.74 Å². The van der Waals surface area contributed by atoms with Crippen molar-refractivity contribution >= 4 is 11.8 Å². The monoisotopic (exact) mass is 248 g/mol. The molecule has 18 heavy (non-hydrogen) atoms. The molecule has 0 bridgehead atoms. The fraction of sp³-hybridized carbons (Fsp3) is 0.467. The molecule has 0 N–H and O–H groups in total. The molecular weight excluding hydrogens is 228 g/mol. The number of carbonyl (C=O) groups excluding carboxylic acids is 2. The van der Waals surface area contributed by atoms with Crippen molar-refractivity contribution in [2.45, 2.75) is 45.6 Å². The highest BCUT2D eigenvalue weighted by molar-refractivity contribution is 6.33. The Morgan fingerprint density at radius 1 is 1.11 bits per heavy atom. The second-order valence-electron chi connectivity index (χ2n) is 4.73. The van der Waals surface area contributed by atoms with Crippen molar-refractivity contribution in [2.24, 2.45) is 0 Å². The van der Waals surface area contributed by atoms with Crippen molar-refractivity contribution < 1.29 is 14.3 Å². The minimum absolute atomic E-state index is 0.238. The lowest BCUT2D eigenvalue weighted by molar-refractivity contribution is -0.156. The van der Waals surface area contributed by atoms with Crippen LogP contribution in [0.2, 0.25) is 0 Å². The van der Waals surface area contributed by atoms with E-state index in [1.165, 1.54) is 5.56 Å². The van der Waals surface area contributed by atoms with Crippen LogP contribution in [0.3, 0.4) is 0 Å². The molecule has 98 valence electrons. The Morgan fingerprint density at radius 2 is 1.72 bits per heavy atom. The van der Waals surface area contributed by atoms with Gasteiger partial charge < -0.3 is 4.74 Å². The number of carbonyl (C=O) groups is 2. The molecule has 1 aromatic rings. The third-order valence-electron chi connectivity index (χ3n) is 2.74. The highest BCUT2D eigenvalue weighted by Gasteiger charge is 2.17. The molecule has 0 aliphatic heterocycles. The summed E-state index contributed by atoms with van der Waals surface area (Å²) in [7, 11) is 0. The Kier molecular flexibility index (Phi) is 5.56. The lowest BCUT2D eigenvalue weighted by Gasteiger charge is -2.11. The van der Waals surface area contributed by atoms with Gasteiger partial charge in [-0.25, -0.2) is 4.79 Å². The summed E-state index contributed by atoms with van der Waals surface area (Å²) in [5, 5.41) is 0. The van der Waals surface area contributed by atoms with Crippen molar-refractivity contribution in [1.29, 1.82) is 0 Å². The summed E-state index contributed by atoms with van der Waals surface area (Å²) in [4.78, 5) is 22.9. The third kappa shape index (κ3) is 4.70. The lowest BCUT2D eigenvalue weighted by Crippen LogP contribution is -2.21. The fourth-order valence-corrected chi connectivity index (χ4v) is 1.68. The van der Waals surface area contributed by atoms with Crippen LogP contribution in [0, 0.1) is 0 Å². The third-order valence-corrected chi connectivity index (χ3v) is 2.74. The summed E-state index contributed by atoms with van der Waals surface area (Å²) in [6.45, 7) is 5.52. The molecule has 0 heterocycles. The largest absolute Gasteiger partial charge is 0.457 e. The highest BCUT2D eigenvalue weighted by atomic mass is 16.5. The van der Waals surface area contributed by atoms with E-state index in [2.05, 4.69) is 6.92 Å². The SMILES string of the molecule is CC(C)OC(=O)C(=O)CCC(C)c1ccccc1. The maximum atomic E-state index is 11.5. The van der Waals surface area contributed by atoms with E-state index in [1.54, 1.807) is 13.8 Å². The number of rotatable bonds is 6. The molecule has 1 aromatic carbocycles. The first-order valence-corrected chi connectivity index (χ1v) is 6.29. The van der Waals surface area contributed by atoms with Crippen LogP contribution in [0.1, 0.15) is 45.1 Å². The van der Waals surface area contributed by atoms with Crippen molar-refractivity contribution in [3.05, 3.63) is 35.9 Å². The maximum absolute atomic E-state index is 11.5. The summed E-state index contributed by atoms with van der Waals surface area (Å²) in [5.41, 5.74) is 1.18. The van der Waals surface area contributed by atoms with Crippen LogP contribution >= 0.6 is 0 Å². The number of esters is 1. The van der Waals surface area contributed by atoms with Gasteiger partial charge in [0.1, 0.15) is 0 Å². The molecule has 0 amide bonds. The fourth-order valence-electron chi connectivity index (χ4n) is 1.68. The highest BCUT2D eigenvalue weighted by Crippen LogP contribution is 2.20. The van der Waals surface area contributed by atoms with Crippen LogP contribution in [-0.2, 0) is 14.3 Å². The van der Waals surface area contributed by atoms with Gasteiger partial charge in [-0.3, -0.25) is 4.79 Å². The molecule has 0 aromatic heterocycles. The summed E-state index contributed by atoms with van der Waals surface area (Å²) in [6, 6.07) is 9.96. The van der Waals surface area contributed by atoms with Crippen LogP contribution < -0.4 is 0 Å². The molecule has 1 unspecified atom stereocenters. The van der Waals surface area contributed by atoms with Crippen LogP contribution in [0.5, 0.6) is 0 Å². The molecule has 1 rings (SSSR count). The van der Waals surface area contributed by atoms with Crippen LogP contribution in [-0.4, -0.2) is 17.9 Å². The zero-order valence-corrected chi connectivity index (χ0v) is 11.2. The van der Waals surface area contributed by atoms with Gasteiger partial charge >= 0.3 is 5.97 Å². The van der Waals surface area contributed by atoms with Crippen molar-refractivity contribution in [1.82, 2.24) is 0 Å². The maximum Gasteiger partial charge on any atom is 0.374 e. The quantitative estimate of drug-likeness (QED) is 0.574. The second-order valence-corrected chi connectivity index (χ2v) is 4.73. The molecule has 0 fully saturated rings. The smallest absolute Gasteiger partial charge is 0.374 e. The van der Waals surface area contributed by atoms with Gasteiger partial charge in [-0.05, 0) is 31.7 Å². The molecule has 0 aliphatic rings. The van der Waals surface area contributed by atoms with E-state index in [0.29, 0.717) is 6.42 Å². The van der Waals surface area contributed by atoms with Gasteiger partial charge in [-0.15, -0.1) is 0 Å². The predicted octanol–water partition coefficient (Wildman–Crippen LogP) is 3.09. The number of hydrogen-bond donors (Lipinski definition) is 0. The molecule has 0 aliphatic carbocycles. The van der Waals surface area contributed by atoms with Gasteiger partial charge in [-0.1, -0.05) is 37.3 Å². The number of Topliss-reactive ketones (excluding diaryl/α,β-unsaturated/α-hetero) is 1. The Hall–Kier alpha value is -1.64. The molecule has 3 nitrogen and oxygen atoms in total. The first-order valence-electron chi connectivity index (χ1n) is 6.29. The van der Waals surface area contributed by atoms with Crippen molar-refractivity contribution in [3.8, 4) is 0 Å². The van der Waals surface area contributed by atoms with Crippen molar-refractivity contribution in [2.75, 3.05) is 0 Å². The van der Waals surface area contributed by atoms with Gasteiger partial charge in [0.25, 0.3) is 0 Å². The van der Waals surface area contributed by atoms with Crippen LogP contribution in [0.25, 0.3) is 0 Å². The van der Waals surface area contributed by atoms with Crippen molar-refractivity contribution in [3.63, 3.8) is 0 Å². The zero-order valence-electron chi connectivity index (χ0n) is 11.2. The summed E-state index contributed by atoms with van der Waals surface area (Å²) < 4.78 is 4.86. The topological polar surface area (TPSA) is 43.4 Å². The van der Waals surface area contributed by atoms with E-state index >= 15 is 0 Å². The Labute approximate surface area is 108 Å². The van der Waals surface area contributed by atoms with E-state index in [9.17, 15) is 9.59 Å². The van der Waals surface area contributed by atoms with Crippen LogP contribution in [0.4, 0.5) is 0 Å². The minimum Gasteiger partial charge on any atom is -0.457 e. The minimum atomic E-state index is -0.717. The number of hydrogen-bond acceptors (Lipinski definition) is 3. The van der Waals surface area contributed by atoms with E-state index in [1.807, 2.05) is 30.3 Å². The first kappa shape index (κ1) is 14.4. The van der Waals surface area contributed by atoms with Gasteiger partial charge in [-0.2, -0.15) is 0 Å². The predicted molar refractivity (Wildman–Crippen MR) is 70.3 cm³/mol. The normalized spacial score (nSPS) is 12.2. The zero-order chi connectivity index (χ0) is 13.5. The summed E-state index contributed by atoms with van der Waals surface area (Å²) in [6.07, 6.45) is 0.658. The molecule has 0 saturated heterocycles. The van der Waals surface area contributed by atoms with Gasteiger partial charge in [0, 0.05) is 6.42 Å². The average molecular weight is 248 g/mol. The first-order chi connectivity index (χ1) is 8.50. The Balaban J connectivity index is 2.41. The average Bonchev–Trinajstić information content (AvgIpc) is 2.35. The Morgan fingerprint density at radius 3 is 2.28 bits per heavy atom. The second kappa shape index (κ2) is 6.94. The molecule has 0 radical (unpaired) electrons. The molecule has 0 saturated carbocycles. The van der Waals surface area contributed by atoms with Gasteiger partial charge in [0.15, 0.2) is 0 Å². The summed E-state index contributed by atoms with van der Waals surface area (Å²) in [5.74, 6) is -0.890. The van der Waals surface area contributed by atoms with E-state index in [0.717, 1.165) is 0 Å². The molecule has 3 heteroatoms. The van der Waals surface area contributed by atoms with Gasteiger partial charge in [0.2, 0.25) is 5.78 Å². The number of benzene rings is 1. The number of ether oxygens (including phenoxy) is 1. The van der Waals surface area contributed by atoms with Crippen LogP contribution in [0.15, 0.2) is 30.3 Å². The van der Waals surface area contributed by atoms with E-state index < -0.39 is 11.8 Å². The van der Waals surface area contributed by atoms with E-state index in [-0.39, 0.29) is 18.4 Å². The lowest BCUT2D eigenvalue weighted by atomic mass is 9.95. The van der Waals surface area contributed by atoms with Gasteiger partial charge in [0.05, 0.1) is 6.10 Å². The standard InChI is InChI=1S/C15H20O3/c1-11(2)18-15(17)14(16)10-9-12(3)13-7-5-4-6-8-13/h4-8,11-12H,9-10H2,1-3H3. The molecule has 1 atom stereocenters. The molecular formula is C15H20O3. The molecule has 0 spiro atoms. The summed E-state index contributed by atoms with van der Waals surface area (Å²) >= 11 is 0. The number of ketones is 1.